The molecular formula is C55H105NO4. The summed E-state index contributed by atoms with van der Waals surface area (Å²) >= 11 is 0. The molecule has 0 heterocycles. The molecule has 4 N–H and O–H groups in total. The molecule has 5 nitrogen and oxygen atoms in total. The number of amides is 1. The average Bonchev–Trinajstić information content (AvgIpc) is 3.25. The monoisotopic (exact) mass is 844 g/mol. The molecule has 0 fully saturated rings. The van der Waals surface area contributed by atoms with Gasteiger partial charge in [0, 0.05) is 0 Å². The number of carbonyl (C=O) groups excluding carboxylic acids is 1. The summed E-state index contributed by atoms with van der Waals surface area (Å²) in [4.78, 5) is 12.5. The lowest BCUT2D eigenvalue weighted by Gasteiger charge is -2.21. The minimum atomic E-state index is -1.11. The number of rotatable bonds is 49. The van der Waals surface area contributed by atoms with E-state index in [1.165, 1.54) is 225 Å². The molecule has 60 heavy (non-hydrogen) atoms. The van der Waals surface area contributed by atoms with Gasteiger partial charge in [-0.2, -0.15) is 0 Å². The van der Waals surface area contributed by atoms with Crippen LogP contribution in [0.1, 0.15) is 284 Å². The number of hydrogen-bond acceptors (Lipinski definition) is 4. The number of aliphatic hydroxyl groups excluding tert-OH is 3. The largest absolute Gasteiger partial charge is 0.394 e. The van der Waals surface area contributed by atoms with Gasteiger partial charge in [-0.25, -0.2) is 0 Å². The van der Waals surface area contributed by atoms with Crippen molar-refractivity contribution in [2.75, 3.05) is 6.61 Å². The first kappa shape index (κ1) is 58.6. The van der Waals surface area contributed by atoms with Gasteiger partial charge < -0.3 is 20.6 Å². The first-order chi connectivity index (χ1) is 29.6. The van der Waals surface area contributed by atoms with Crippen LogP contribution in [0.3, 0.4) is 0 Å². The average molecular weight is 844 g/mol. The molecule has 0 spiro atoms. The summed E-state index contributed by atoms with van der Waals surface area (Å²) < 4.78 is 0. The highest BCUT2D eigenvalue weighted by Crippen LogP contribution is 2.16. The van der Waals surface area contributed by atoms with Crippen LogP contribution in [0, 0.1) is 0 Å². The number of carbonyl (C=O) groups is 1. The number of nitrogens with one attached hydrogen (secondary N) is 1. The van der Waals surface area contributed by atoms with Crippen molar-refractivity contribution < 1.29 is 20.1 Å². The topological polar surface area (TPSA) is 89.8 Å². The van der Waals surface area contributed by atoms with E-state index in [-0.39, 0.29) is 6.61 Å². The summed E-state index contributed by atoms with van der Waals surface area (Å²) in [5.41, 5.74) is 0. The molecule has 0 aliphatic heterocycles. The smallest absolute Gasteiger partial charge is 0.249 e. The summed E-state index contributed by atoms with van der Waals surface area (Å²) in [5.74, 6) is -0.510. The van der Waals surface area contributed by atoms with Gasteiger partial charge in [0.1, 0.15) is 6.10 Å². The van der Waals surface area contributed by atoms with Crippen LogP contribution in [0.2, 0.25) is 0 Å². The Balaban J connectivity index is 3.60. The zero-order chi connectivity index (χ0) is 43.7. The van der Waals surface area contributed by atoms with Crippen LogP contribution in [0.15, 0.2) is 36.5 Å². The maximum Gasteiger partial charge on any atom is 0.249 e. The summed E-state index contributed by atoms with van der Waals surface area (Å²) in [6, 6.07) is -0.814. The molecule has 0 aliphatic carbocycles. The van der Waals surface area contributed by atoms with Gasteiger partial charge in [0.15, 0.2) is 0 Å². The fourth-order valence-electron chi connectivity index (χ4n) is 8.26. The van der Waals surface area contributed by atoms with Gasteiger partial charge >= 0.3 is 0 Å². The van der Waals surface area contributed by atoms with Crippen molar-refractivity contribution in [3.63, 3.8) is 0 Å². The Morgan fingerprint density at radius 2 is 0.683 bits per heavy atom. The van der Waals surface area contributed by atoms with Crippen molar-refractivity contribution in [3.05, 3.63) is 36.5 Å². The van der Waals surface area contributed by atoms with E-state index in [1.807, 2.05) is 6.08 Å². The fourth-order valence-corrected chi connectivity index (χ4v) is 8.26. The zero-order valence-corrected chi connectivity index (χ0v) is 40.4. The molecule has 1 amide bonds. The Morgan fingerprint density at radius 1 is 0.400 bits per heavy atom. The summed E-state index contributed by atoms with van der Waals surface area (Å²) in [5, 5.41) is 33.3. The van der Waals surface area contributed by atoms with E-state index in [2.05, 4.69) is 43.5 Å². The molecule has 0 aliphatic rings. The lowest BCUT2D eigenvalue weighted by molar-refractivity contribution is -0.131. The molecule has 354 valence electrons. The first-order valence-corrected chi connectivity index (χ1v) is 26.8. The van der Waals surface area contributed by atoms with Crippen LogP contribution in [0.5, 0.6) is 0 Å². The van der Waals surface area contributed by atoms with Crippen molar-refractivity contribution in [1.82, 2.24) is 5.32 Å². The second-order valence-corrected chi connectivity index (χ2v) is 18.4. The molecule has 0 radical (unpaired) electrons. The van der Waals surface area contributed by atoms with E-state index in [9.17, 15) is 20.1 Å². The first-order valence-electron chi connectivity index (χ1n) is 26.8. The highest BCUT2D eigenvalue weighted by Gasteiger charge is 2.22. The lowest BCUT2D eigenvalue weighted by atomic mass is 10.0. The minimum Gasteiger partial charge on any atom is -0.394 e. The Morgan fingerprint density at radius 3 is 1.02 bits per heavy atom. The van der Waals surface area contributed by atoms with Gasteiger partial charge in [-0.1, -0.05) is 262 Å². The quantitative estimate of drug-likeness (QED) is 0.0363. The van der Waals surface area contributed by atoms with Crippen molar-refractivity contribution in [3.8, 4) is 0 Å². The van der Waals surface area contributed by atoms with Gasteiger partial charge in [0.25, 0.3) is 0 Å². The molecule has 0 saturated heterocycles. The van der Waals surface area contributed by atoms with Crippen molar-refractivity contribution in [2.24, 2.45) is 0 Å². The standard InChI is InChI=1S/C55H105NO4/c1-3-5-7-9-11-13-15-17-19-21-23-24-25-26-27-28-29-30-31-32-34-36-38-40-42-44-46-48-50-54(59)55(60)56-52(51-57)53(58)49-47-45-43-41-39-37-35-33-22-20-18-16-14-12-10-8-6-4-2/h26-27,39,41,47,49,52-54,57-59H,3-25,28-38,40,42-46,48,50-51H2,1-2H3,(H,56,60)/b27-26-,41-39+,49-47+. The Labute approximate surface area is 374 Å². The molecule has 0 bridgehead atoms. The fraction of sp³-hybridized carbons (Fsp3) is 0.873. The van der Waals surface area contributed by atoms with E-state index < -0.39 is 24.2 Å². The van der Waals surface area contributed by atoms with E-state index in [0.29, 0.717) is 6.42 Å². The number of unbranched alkanes of at least 4 members (excludes halogenated alkanes) is 37. The minimum absolute atomic E-state index is 0.375. The highest BCUT2D eigenvalue weighted by molar-refractivity contribution is 5.80. The second kappa shape index (κ2) is 50.2. The normalized spacial score (nSPS) is 13.6. The van der Waals surface area contributed by atoms with Crippen LogP contribution < -0.4 is 5.32 Å². The number of allylic oxidation sites excluding steroid dienone is 5. The molecular weight excluding hydrogens is 739 g/mol. The van der Waals surface area contributed by atoms with Crippen LogP contribution in [0.25, 0.3) is 0 Å². The van der Waals surface area contributed by atoms with E-state index in [1.54, 1.807) is 6.08 Å². The summed E-state index contributed by atoms with van der Waals surface area (Å²) in [6.07, 6.45) is 65.0. The third kappa shape index (κ3) is 44.6. The lowest BCUT2D eigenvalue weighted by Crippen LogP contribution is -2.48. The molecule has 0 aromatic heterocycles. The van der Waals surface area contributed by atoms with E-state index in [0.717, 1.165) is 38.5 Å². The van der Waals surface area contributed by atoms with Crippen LogP contribution in [-0.4, -0.2) is 46.1 Å². The Hall–Kier alpha value is -1.43. The van der Waals surface area contributed by atoms with Gasteiger partial charge in [0.05, 0.1) is 18.8 Å². The van der Waals surface area contributed by atoms with Gasteiger partial charge in [0.2, 0.25) is 5.91 Å². The molecule has 5 heteroatoms. The zero-order valence-electron chi connectivity index (χ0n) is 40.4. The SMILES string of the molecule is CCCCCCCCCCCCCC/C=C\CCCCCCCCCCCCCCC(O)C(=O)NC(CO)C(O)/C=C/CC/C=C/CCCCCCCCCCCCCC. The highest BCUT2D eigenvalue weighted by atomic mass is 16.3. The van der Waals surface area contributed by atoms with E-state index in [4.69, 9.17) is 0 Å². The van der Waals surface area contributed by atoms with Gasteiger partial charge in [-0.05, 0) is 57.8 Å². The summed E-state index contributed by atoms with van der Waals surface area (Å²) in [6.45, 7) is 4.19. The van der Waals surface area contributed by atoms with Crippen LogP contribution >= 0.6 is 0 Å². The van der Waals surface area contributed by atoms with Crippen LogP contribution in [0.4, 0.5) is 0 Å². The number of aliphatic hydroxyl groups is 3. The predicted molar refractivity (Wildman–Crippen MR) is 264 cm³/mol. The third-order valence-electron chi connectivity index (χ3n) is 12.5. The molecule has 0 rings (SSSR count). The third-order valence-corrected chi connectivity index (χ3v) is 12.5. The van der Waals surface area contributed by atoms with Crippen molar-refractivity contribution >= 4 is 5.91 Å². The molecule has 0 aromatic carbocycles. The maximum absolute atomic E-state index is 12.5. The van der Waals surface area contributed by atoms with Crippen molar-refractivity contribution in [2.45, 2.75) is 302 Å². The number of hydrogen-bond donors (Lipinski definition) is 4. The van der Waals surface area contributed by atoms with Crippen LogP contribution in [-0.2, 0) is 4.79 Å². The molecule has 3 atom stereocenters. The molecule has 0 aromatic rings. The van der Waals surface area contributed by atoms with E-state index >= 15 is 0 Å². The van der Waals surface area contributed by atoms with Crippen molar-refractivity contribution in [1.29, 1.82) is 0 Å². The maximum atomic E-state index is 12.5. The second-order valence-electron chi connectivity index (χ2n) is 18.4. The molecule has 3 unspecified atom stereocenters. The Kier molecular flexibility index (Phi) is 49.0. The van der Waals surface area contributed by atoms with Gasteiger partial charge in [-0.3, -0.25) is 4.79 Å². The summed E-state index contributed by atoms with van der Waals surface area (Å²) in [7, 11) is 0. The molecule has 0 saturated carbocycles. The van der Waals surface area contributed by atoms with Gasteiger partial charge in [-0.15, -0.1) is 0 Å². The predicted octanol–water partition coefficient (Wildman–Crippen LogP) is 16.3. The Bertz CT molecular complexity index is 931.